The highest BCUT2D eigenvalue weighted by molar-refractivity contribution is 5.87. The van der Waals surface area contributed by atoms with Crippen LogP contribution in [-0.4, -0.2) is 20.9 Å². The van der Waals surface area contributed by atoms with Crippen molar-refractivity contribution < 1.29 is 14.6 Å². The van der Waals surface area contributed by atoms with Crippen molar-refractivity contribution in [1.29, 1.82) is 0 Å². The third-order valence-corrected chi connectivity index (χ3v) is 3.23. The van der Waals surface area contributed by atoms with E-state index in [1.54, 1.807) is 0 Å². The molecule has 1 fully saturated rings. The molecule has 0 amide bonds. The van der Waals surface area contributed by atoms with Crippen LogP contribution in [0.5, 0.6) is 0 Å². The van der Waals surface area contributed by atoms with Gasteiger partial charge in [-0.3, -0.25) is 4.68 Å². The summed E-state index contributed by atoms with van der Waals surface area (Å²) in [7, 11) is 0. The minimum Gasteiger partial charge on any atom is -0.476 e. The summed E-state index contributed by atoms with van der Waals surface area (Å²) in [6.07, 6.45) is 3.42. The van der Waals surface area contributed by atoms with Crippen LogP contribution >= 0.6 is 0 Å². The number of carbonyl (C=O) groups is 1. The van der Waals surface area contributed by atoms with E-state index < -0.39 is 5.97 Å². The fraction of sp³-hybridized carbons (Fsp3) is 0.600. The van der Waals surface area contributed by atoms with Gasteiger partial charge in [-0.05, 0) is 19.3 Å². The molecule has 2 aliphatic rings. The summed E-state index contributed by atoms with van der Waals surface area (Å²) in [6.45, 7) is 0.899. The van der Waals surface area contributed by atoms with Crippen LogP contribution < -0.4 is 0 Å². The van der Waals surface area contributed by atoms with Crippen LogP contribution in [0.4, 0.5) is 0 Å². The van der Waals surface area contributed by atoms with E-state index in [-0.39, 0.29) is 5.69 Å². The monoisotopic (exact) mass is 208 g/mol. The van der Waals surface area contributed by atoms with E-state index in [1.165, 1.54) is 6.42 Å². The number of hydrogen-bond acceptors (Lipinski definition) is 3. The van der Waals surface area contributed by atoms with Crippen LogP contribution in [0.3, 0.4) is 0 Å². The molecule has 0 bridgehead atoms. The Morgan fingerprint density at radius 2 is 2.27 bits per heavy atom. The maximum atomic E-state index is 11.0. The minimum atomic E-state index is -0.949. The number of rotatable bonds is 2. The summed E-state index contributed by atoms with van der Waals surface area (Å²) >= 11 is 0. The summed E-state index contributed by atoms with van der Waals surface area (Å²) in [5.74, 6) is -0.949. The van der Waals surface area contributed by atoms with Crippen molar-refractivity contribution in [3.63, 3.8) is 0 Å². The smallest absolute Gasteiger partial charge is 0.356 e. The predicted octanol–water partition coefficient (Wildman–Crippen LogP) is 1.34. The molecule has 80 valence electrons. The standard InChI is InChI=1S/C10H12N2O3/c13-10(14)9-7-4-15-5-8(7)12(11-9)6-2-1-3-6/h6H,1-5H2,(H,13,14). The van der Waals surface area contributed by atoms with E-state index in [0.717, 1.165) is 24.1 Å². The SMILES string of the molecule is O=C(O)c1nn(C2CCC2)c2c1COC2. The molecule has 5 nitrogen and oxygen atoms in total. The van der Waals surface area contributed by atoms with Gasteiger partial charge in [0, 0.05) is 5.56 Å². The lowest BCUT2D eigenvalue weighted by Gasteiger charge is -2.26. The lowest BCUT2D eigenvalue weighted by molar-refractivity contribution is 0.0679. The van der Waals surface area contributed by atoms with Crippen molar-refractivity contribution in [2.24, 2.45) is 0 Å². The zero-order valence-corrected chi connectivity index (χ0v) is 8.27. The number of carboxylic acid groups (broad SMARTS) is 1. The number of carboxylic acids is 1. The fourth-order valence-electron chi connectivity index (χ4n) is 2.16. The summed E-state index contributed by atoms with van der Waals surface area (Å²) in [6, 6.07) is 0.397. The average Bonchev–Trinajstić information content (AvgIpc) is 2.63. The van der Waals surface area contributed by atoms with E-state index in [4.69, 9.17) is 9.84 Å². The number of aromatic nitrogens is 2. The van der Waals surface area contributed by atoms with Crippen molar-refractivity contribution in [3.05, 3.63) is 17.0 Å². The van der Waals surface area contributed by atoms with Gasteiger partial charge in [-0.2, -0.15) is 5.10 Å². The van der Waals surface area contributed by atoms with Crippen LogP contribution in [0, 0.1) is 0 Å². The Morgan fingerprint density at radius 3 is 2.87 bits per heavy atom. The van der Waals surface area contributed by atoms with Crippen molar-refractivity contribution in [2.75, 3.05) is 0 Å². The lowest BCUT2D eigenvalue weighted by atomic mass is 9.93. The highest BCUT2D eigenvalue weighted by atomic mass is 16.5. The third-order valence-electron chi connectivity index (χ3n) is 3.23. The molecule has 1 aliphatic carbocycles. The van der Waals surface area contributed by atoms with Gasteiger partial charge in [0.2, 0.25) is 0 Å². The van der Waals surface area contributed by atoms with Gasteiger partial charge >= 0.3 is 5.97 Å². The Hall–Kier alpha value is -1.36. The van der Waals surface area contributed by atoms with Gasteiger partial charge < -0.3 is 9.84 Å². The number of ether oxygens (including phenoxy) is 1. The topological polar surface area (TPSA) is 64.3 Å². The van der Waals surface area contributed by atoms with Crippen molar-refractivity contribution >= 4 is 5.97 Å². The quantitative estimate of drug-likeness (QED) is 0.796. The summed E-state index contributed by atoms with van der Waals surface area (Å²) in [5, 5.41) is 13.2. The molecule has 2 heterocycles. The van der Waals surface area contributed by atoms with Gasteiger partial charge in [-0.15, -0.1) is 0 Å². The molecule has 15 heavy (non-hydrogen) atoms. The largest absolute Gasteiger partial charge is 0.476 e. The first-order valence-electron chi connectivity index (χ1n) is 5.18. The molecule has 0 aromatic carbocycles. The van der Waals surface area contributed by atoms with Crippen LogP contribution in [0.25, 0.3) is 0 Å². The zero-order valence-electron chi connectivity index (χ0n) is 8.27. The molecule has 0 radical (unpaired) electrons. The molecule has 3 rings (SSSR count). The lowest BCUT2D eigenvalue weighted by Crippen LogP contribution is -2.20. The van der Waals surface area contributed by atoms with Crippen LogP contribution in [0.2, 0.25) is 0 Å². The van der Waals surface area contributed by atoms with Crippen LogP contribution in [0.1, 0.15) is 47.1 Å². The molecule has 0 spiro atoms. The van der Waals surface area contributed by atoms with Gasteiger partial charge in [-0.1, -0.05) is 0 Å². The molecule has 5 heteroatoms. The highest BCUT2D eigenvalue weighted by Gasteiger charge is 2.31. The molecule has 0 saturated heterocycles. The Bertz CT molecular complexity index is 421. The van der Waals surface area contributed by atoms with Crippen LogP contribution in [-0.2, 0) is 18.0 Å². The molecular weight excluding hydrogens is 196 g/mol. The molecular formula is C10H12N2O3. The summed E-state index contributed by atoms with van der Waals surface area (Å²) < 4.78 is 7.15. The van der Waals surface area contributed by atoms with Crippen LogP contribution in [0.15, 0.2) is 0 Å². The molecule has 1 N–H and O–H groups in total. The maximum absolute atomic E-state index is 11.0. The summed E-state index contributed by atoms with van der Waals surface area (Å²) in [4.78, 5) is 11.0. The second-order valence-corrected chi connectivity index (χ2v) is 4.10. The number of nitrogens with zero attached hydrogens (tertiary/aromatic N) is 2. The normalized spacial score (nSPS) is 20.0. The van der Waals surface area contributed by atoms with Gasteiger partial charge in [0.25, 0.3) is 0 Å². The summed E-state index contributed by atoms with van der Waals surface area (Å²) in [5.41, 5.74) is 1.92. The molecule has 1 saturated carbocycles. The van der Waals surface area contributed by atoms with Gasteiger partial charge in [0.1, 0.15) is 0 Å². The molecule has 0 unspecified atom stereocenters. The Labute approximate surface area is 86.7 Å². The van der Waals surface area contributed by atoms with Gasteiger partial charge in [-0.25, -0.2) is 4.79 Å². The number of hydrogen-bond donors (Lipinski definition) is 1. The third kappa shape index (κ3) is 1.19. The first kappa shape index (κ1) is 8.91. The van der Waals surface area contributed by atoms with Gasteiger partial charge in [0.05, 0.1) is 24.9 Å². The van der Waals surface area contributed by atoms with Crippen molar-refractivity contribution in [3.8, 4) is 0 Å². The van der Waals surface area contributed by atoms with Crippen molar-refractivity contribution in [2.45, 2.75) is 38.5 Å². The Morgan fingerprint density at radius 1 is 1.47 bits per heavy atom. The highest BCUT2D eigenvalue weighted by Crippen LogP contribution is 2.35. The minimum absolute atomic E-state index is 0.175. The molecule has 0 atom stereocenters. The van der Waals surface area contributed by atoms with Crippen molar-refractivity contribution in [1.82, 2.24) is 9.78 Å². The van der Waals surface area contributed by atoms with E-state index in [9.17, 15) is 4.79 Å². The molecule has 1 aromatic heterocycles. The average molecular weight is 208 g/mol. The first-order chi connectivity index (χ1) is 7.27. The van der Waals surface area contributed by atoms with E-state index >= 15 is 0 Å². The molecule has 1 aliphatic heterocycles. The predicted molar refractivity (Wildman–Crippen MR) is 50.6 cm³/mol. The number of aromatic carboxylic acids is 1. The van der Waals surface area contributed by atoms with E-state index in [1.807, 2.05) is 4.68 Å². The van der Waals surface area contributed by atoms with Gasteiger partial charge in [0.15, 0.2) is 5.69 Å². The first-order valence-corrected chi connectivity index (χ1v) is 5.18. The second kappa shape index (κ2) is 3.06. The zero-order chi connectivity index (χ0) is 10.4. The van der Waals surface area contributed by atoms with E-state index in [2.05, 4.69) is 5.10 Å². The maximum Gasteiger partial charge on any atom is 0.356 e. The molecule has 1 aromatic rings. The Kier molecular flexibility index (Phi) is 1.82. The van der Waals surface area contributed by atoms with E-state index in [0.29, 0.717) is 19.3 Å². The number of fused-ring (bicyclic) bond motifs is 1. The fourth-order valence-corrected chi connectivity index (χ4v) is 2.16. The second-order valence-electron chi connectivity index (χ2n) is 4.10. The Balaban J connectivity index is 2.07.